The van der Waals surface area contributed by atoms with Crippen LogP contribution >= 0.6 is 0 Å². The fraction of sp³-hybridized carbons (Fsp3) is 0.625. The number of fused-ring (bicyclic) bond motifs is 1. The maximum absolute atomic E-state index is 12.6. The van der Waals surface area contributed by atoms with Gasteiger partial charge >= 0.3 is 6.18 Å². The van der Waals surface area contributed by atoms with Crippen molar-refractivity contribution in [3.63, 3.8) is 0 Å². The number of rotatable bonds is 3. The van der Waals surface area contributed by atoms with Crippen LogP contribution in [0.25, 0.3) is 0 Å². The summed E-state index contributed by atoms with van der Waals surface area (Å²) < 4.78 is 37.9. The van der Waals surface area contributed by atoms with Gasteiger partial charge < -0.3 is 0 Å². The summed E-state index contributed by atoms with van der Waals surface area (Å²) in [6, 6.07) is 6.43. The Bertz CT molecular complexity index is 465. The molecule has 0 radical (unpaired) electrons. The fourth-order valence-electron chi connectivity index (χ4n) is 2.64. The van der Waals surface area contributed by atoms with Crippen LogP contribution in [0, 0.1) is 5.92 Å². The summed E-state index contributed by atoms with van der Waals surface area (Å²) in [5.41, 5.74) is 3.73. The summed E-state index contributed by atoms with van der Waals surface area (Å²) in [6.07, 6.45) is -3.25. The van der Waals surface area contributed by atoms with E-state index < -0.39 is 12.1 Å². The van der Waals surface area contributed by atoms with Crippen molar-refractivity contribution in [2.45, 2.75) is 45.8 Å². The minimum atomic E-state index is -4.10. The smallest absolute Gasteiger partial charge is 0.298 e. The van der Waals surface area contributed by atoms with E-state index in [9.17, 15) is 13.2 Å². The average Bonchev–Trinajstić information content (AvgIpc) is 2.36. The quantitative estimate of drug-likeness (QED) is 0.797. The first-order chi connectivity index (χ1) is 9.27. The molecule has 0 N–H and O–H groups in total. The van der Waals surface area contributed by atoms with Crippen LogP contribution in [0.5, 0.6) is 0 Å². The van der Waals surface area contributed by atoms with Gasteiger partial charge in [0.05, 0.1) is 5.92 Å². The normalized spacial score (nSPS) is 18.1. The van der Waals surface area contributed by atoms with Gasteiger partial charge in [0.15, 0.2) is 0 Å². The van der Waals surface area contributed by atoms with E-state index >= 15 is 0 Å². The molecular formula is C16H22F3N. The van der Waals surface area contributed by atoms with Crippen molar-refractivity contribution in [1.82, 2.24) is 4.90 Å². The van der Waals surface area contributed by atoms with Crippen LogP contribution in [-0.2, 0) is 13.0 Å². The lowest BCUT2D eigenvalue weighted by Gasteiger charge is -2.32. The van der Waals surface area contributed by atoms with Gasteiger partial charge in [-0.2, -0.15) is 13.2 Å². The second-order valence-corrected chi connectivity index (χ2v) is 6.11. The number of hydrogen-bond acceptors (Lipinski definition) is 1. The lowest BCUT2D eigenvalue weighted by molar-refractivity contribution is -0.174. The molecule has 1 nitrogen and oxygen atoms in total. The van der Waals surface area contributed by atoms with Gasteiger partial charge in [0.1, 0.15) is 0 Å². The molecule has 0 amide bonds. The molecule has 20 heavy (non-hydrogen) atoms. The SMILES string of the molecule is CC(C)c1ccc2c(c1)CN(CC(C)C(F)(F)F)CC2. The van der Waals surface area contributed by atoms with Crippen molar-refractivity contribution < 1.29 is 13.2 Å². The molecule has 1 aromatic carbocycles. The topological polar surface area (TPSA) is 3.24 Å². The van der Waals surface area contributed by atoms with E-state index in [1.54, 1.807) is 0 Å². The largest absolute Gasteiger partial charge is 0.392 e. The van der Waals surface area contributed by atoms with Gasteiger partial charge in [-0.1, -0.05) is 39.0 Å². The third-order valence-electron chi connectivity index (χ3n) is 4.08. The third-order valence-corrected chi connectivity index (χ3v) is 4.08. The van der Waals surface area contributed by atoms with Gasteiger partial charge in [-0.15, -0.1) is 0 Å². The molecule has 1 atom stereocenters. The van der Waals surface area contributed by atoms with E-state index in [-0.39, 0.29) is 6.54 Å². The molecule has 0 aliphatic carbocycles. The van der Waals surface area contributed by atoms with Crippen molar-refractivity contribution in [2.75, 3.05) is 13.1 Å². The number of benzene rings is 1. The molecule has 4 heteroatoms. The summed E-state index contributed by atoms with van der Waals surface area (Å²) in [7, 11) is 0. The van der Waals surface area contributed by atoms with Crippen LogP contribution in [0.2, 0.25) is 0 Å². The highest BCUT2D eigenvalue weighted by Gasteiger charge is 2.37. The van der Waals surface area contributed by atoms with E-state index in [1.807, 2.05) is 4.90 Å². The Morgan fingerprint density at radius 3 is 2.45 bits per heavy atom. The van der Waals surface area contributed by atoms with Crippen LogP contribution in [0.3, 0.4) is 0 Å². The zero-order chi connectivity index (χ0) is 14.9. The summed E-state index contributed by atoms with van der Waals surface area (Å²) in [4.78, 5) is 1.92. The lowest BCUT2D eigenvalue weighted by atomic mass is 9.93. The Labute approximate surface area is 118 Å². The number of alkyl halides is 3. The Hall–Kier alpha value is -1.03. The maximum Gasteiger partial charge on any atom is 0.392 e. The van der Waals surface area contributed by atoms with Gasteiger partial charge in [-0.3, -0.25) is 4.90 Å². The molecule has 1 unspecified atom stereocenters. The molecule has 0 fully saturated rings. The molecule has 112 valence electrons. The Kier molecular flexibility index (Phi) is 4.43. The van der Waals surface area contributed by atoms with Gasteiger partial charge in [-0.25, -0.2) is 0 Å². The van der Waals surface area contributed by atoms with E-state index in [1.165, 1.54) is 23.6 Å². The second kappa shape index (κ2) is 5.76. The van der Waals surface area contributed by atoms with Crippen LogP contribution in [0.15, 0.2) is 18.2 Å². The van der Waals surface area contributed by atoms with E-state index in [0.29, 0.717) is 19.0 Å². The minimum Gasteiger partial charge on any atom is -0.298 e. The highest BCUT2D eigenvalue weighted by Crippen LogP contribution is 2.29. The van der Waals surface area contributed by atoms with Gasteiger partial charge in [0.2, 0.25) is 0 Å². The van der Waals surface area contributed by atoms with Crippen LogP contribution in [0.4, 0.5) is 13.2 Å². The number of nitrogens with zero attached hydrogens (tertiary/aromatic N) is 1. The Morgan fingerprint density at radius 2 is 1.85 bits per heavy atom. The van der Waals surface area contributed by atoms with Crippen molar-refractivity contribution in [3.8, 4) is 0 Å². The Balaban J connectivity index is 2.08. The highest BCUT2D eigenvalue weighted by molar-refractivity contribution is 5.35. The molecule has 2 rings (SSSR count). The van der Waals surface area contributed by atoms with E-state index in [4.69, 9.17) is 0 Å². The van der Waals surface area contributed by atoms with Gasteiger partial charge in [-0.05, 0) is 29.0 Å². The molecule has 0 bridgehead atoms. The van der Waals surface area contributed by atoms with Crippen molar-refractivity contribution in [1.29, 1.82) is 0 Å². The number of halogens is 3. The molecule has 0 aromatic heterocycles. The third kappa shape index (κ3) is 3.54. The molecule has 1 aliphatic rings. The van der Waals surface area contributed by atoms with Crippen LogP contribution in [-0.4, -0.2) is 24.2 Å². The molecule has 0 saturated heterocycles. The van der Waals surface area contributed by atoms with Crippen molar-refractivity contribution in [3.05, 3.63) is 34.9 Å². The Morgan fingerprint density at radius 1 is 1.15 bits per heavy atom. The van der Waals surface area contributed by atoms with Crippen molar-refractivity contribution in [2.24, 2.45) is 5.92 Å². The zero-order valence-electron chi connectivity index (χ0n) is 12.3. The standard InChI is InChI=1S/C16H22F3N/c1-11(2)14-5-4-13-6-7-20(10-15(13)8-14)9-12(3)16(17,18)19/h4-5,8,11-12H,6-7,9-10H2,1-3H3. The lowest BCUT2D eigenvalue weighted by Crippen LogP contribution is -2.38. The van der Waals surface area contributed by atoms with E-state index in [0.717, 1.165) is 6.42 Å². The highest BCUT2D eigenvalue weighted by atomic mass is 19.4. The number of hydrogen-bond donors (Lipinski definition) is 0. The maximum atomic E-state index is 12.6. The average molecular weight is 285 g/mol. The monoisotopic (exact) mass is 285 g/mol. The first-order valence-corrected chi connectivity index (χ1v) is 7.18. The summed E-state index contributed by atoms with van der Waals surface area (Å²) in [5.74, 6) is -0.817. The summed E-state index contributed by atoms with van der Waals surface area (Å²) in [5, 5.41) is 0. The molecule has 1 heterocycles. The van der Waals surface area contributed by atoms with E-state index in [2.05, 4.69) is 32.0 Å². The summed E-state index contributed by atoms with van der Waals surface area (Å²) >= 11 is 0. The summed E-state index contributed by atoms with van der Waals surface area (Å²) in [6.45, 7) is 6.97. The first kappa shape index (κ1) is 15.4. The van der Waals surface area contributed by atoms with Crippen LogP contribution < -0.4 is 0 Å². The minimum absolute atomic E-state index is 0.0921. The van der Waals surface area contributed by atoms with Gasteiger partial charge in [0, 0.05) is 19.6 Å². The molecule has 1 aromatic rings. The zero-order valence-corrected chi connectivity index (χ0v) is 12.3. The molecule has 0 spiro atoms. The first-order valence-electron chi connectivity index (χ1n) is 7.18. The molecule has 1 aliphatic heterocycles. The predicted octanol–water partition coefficient (Wildman–Crippen LogP) is 4.37. The van der Waals surface area contributed by atoms with Crippen molar-refractivity contribution >= 4 is 0 Å². The molecule has 0 saturated carbocycles. The fourth-order valence-corrected chi connectivity index (χ4v) is 2.64. The van der Waals surface area contributed by atoms with Crippen LogP contribution in [0.1, 0.15) is 43.4 Å². The van der Waals surface area contributed by atoms with Gasteiger partial charge in [0.25, 0.3) is 0 Å². The predicted molar refractivity (Wildman–Crippen MR) is 74.7 cm³/mol. The second-order valence-electron chi connectivity index (χ2n) is 6.11. The molecular weight excluding hydrogens is 263 g/mol.